The first kappa shape index (κ1) is 16.4. The van der Waals surface area contributed by atoms with Crippen LogP contribution in [0.4, 0.5) is 0 Å². The highest BCUT2D eigenvalue weighted by Crippen LogP contribution is 2.16. The Morgan fingerprint density at radius 3 is 2.37 bits per heavy atom. The molecule has 1 unspecified atom stereocenters. The highest BCUT2D eigenvalue weighted by Gasteiger charge is 2.11. The third kappa shape index (κ3) is 5.49. The van der Waals surface area contributed by atoms with Gasteiger partial charge in [0, 0.05) is 11.4 Å². The Labute approximate surface area is 122 Å². The van der Waals surface area contributed by atoms with Crippen molar-refractivity contribution in [1.82, 2.24) is 15.3 Å². The topological polar surface area (TPSA) is 37.8 Å². The van der Waals surface area contributed by atoms with Crippen molar-refractivity contribution in [1.29, 1.82) is 0 Å². The minimum absolute atomic E-state index is 0.624. The third-order valence-electron chi connectivity index (χ3n) is 3.21. The van der Waals surface area contributed by atoms with E-state index in [1.165, 1.54) is 12.0 Å². The number of aryl methyl sites for hydroxylation is 2. The van der Waals surface area contributed by atoms with Gasteiger partial charge in [-0.15, -0.1) is 0 Å². The Morgan fingerprint density at radius 1 is 1.21 bits per heavy atom. The van der Waals surface area contributed by atoms with Crippen LogP contribution in [-0.2, 0) is 12.2 Å². The lowest BCUT2D eigenvalue weighted by atomic mass is 9.98. The Balaban J connectivity index is 2.67. The summed E-state index contributed by atoms with van der Waals surface area (Å²) in [4.78, 5) is 9.24. The molecule has 4 heteroatoms. The van der Waals surface area contributed by atoms with Crippen molar-refractivity contribution in [3.05, 3.63) is 22.8 Å². The summed E-state index contributed by atoms with van der Waals surface area (Å²) in [6.07, 6.45) is 4.34. The Morgan fingerprint density at radius 2 is 1.84 bits per heavy atom. The van der Waals surface area contributed by atoms with Gasteiger partial charge in [0.2, 0.25) is 0 Å². The molecule has 0 bridgehead atoms. The van der Waals surface area contributed by atoms with E-state index in [2.05, 4.69) is 49.2 Å². The van der Waals surface area contributed by atoms with Crippen LogP contribution >= 0.6 is 11.8 Å². The van der Waals surface area contributed by atoms with Crippen molar-refractivity contribution >= 4 is 11.8 Å². The van der Waals surface area contributed by atoms with Crippen LogP contribution in [0.25, 0.3) is 0 Å². The number of thioether (sulfide) groups is 1. The van der Waals surface area contributed by atoms with Crippen molar-refractivity contribution in [3.63, 3.8) is 0 Å². The van der Waals surface area contributed by atoms with Crippen LogP contribution in [-0.4, -0.2) is 29.3 Å². The second-order valence-electron chi connectivity index (χ2n) is 5.24. The molecule has 0 radical (unpaired) electrons. The van der Waals surface area contributed by atoms with E-state index in [0.29, 0.717) is 5.92 Å². The second-order valence-corrected chi connectivity index (χ2v) is 6.10. The lowest BCUT2D eigenvalue weighted by Crippen LogP contribution is -2.23. The standard InChI is InChI=1S/C15H27N3S/c1-6-7-16-9-11(2)8-14-12(3)17-15(10-19-5)18-13(14)4/h11,16H,6-10H2,1-5H3. The minimum atomic E-state index is 0.624. The van der Waals surface area contributed by atoms with E-state index in [-0.39, 0.29) is 0 Å². The maximum absolute atomic E-state index is 4.62. The van der Waals surface area contributed by atoms with E-state index in [1.54, 1.807) is 11.8 Å². The number of hydrogen-bond acceptors (Lipinski definition) is 4. The molecular weight excluding hydrogens is 254 g/mol. The van der Waals surface area contributed by atoms with Crippen LogP contribution in [0.2, 0.25) is 0 Å². The van der Waals surface area contributed by atoms with Gasteiger partial charge in [-0.2, -0.15) is 11.8 Å². The molecule has 0 amide bonds. The van der Waals surface area contributed by atoms with Crippen molar-refractivity contribution in [2.24, 2.45) is 5.92 Å². The molecule has 1 atom stereocenters. The predicted molar refractivity (Wildman–Crippen MR) is 84.8 cm³/mol. The van der Waals surface area contributed by atoms with Crippen LogP contribution in [0.1, 0.15) is 43.0 Å². The molecule has 0 aliphatic rings. The lowest BCUT2D eigenvalue weighted by Gasteiger charge is -2.16. The fourth-order valence-electron chi connectivity index (χ4n) is 2.24. The van der Waals surface area contributed by atoms with E-state index < -0.39 is 0 Å². The smallest absolute Gasteiger partial charge is 0.138 e. The number of aromatic nitrogens is 2. The lowest BCUT2D eigenvalue weighted by molar-refractivity contribution is 0.507. The number of nitrogens with one attached hydrogen (secondary N) is 1. The highest BCUT2D eigenvalue weighted by molar-refractivity contribution is 7.97. The van der Waals surface area contributed by atoms with Crippen molar-refractivity contribution < 1.29 is 0 Å². The summed E-state index contributed by atoms with van der Waals surface area (Å²) in [6.45, 7) is 10.9. The zero-order valence-corrected chi connectivity index (χ0v) is 13.7. The van der Waals surface area contributed by atoms with Crippen LogP contribution in [0, 0.1) is 19.8 Å². The normalized spacial score (nSPS) is 12.7. The number of rotatable bonds is 8. The average Bonchev–Trinajstić information content (AvgIpc) is 2.34. The summed E-state index contributed by atoms with van der Waals surface area (Å²) in [5, 5.41) is 3.48. The summed E-state index contributed by atoms with van der Waals surface area (Å²) in [7, 11) is 0. The van der Waals surface area contributed by atoms with Crippen LogP contribution < -0.4 is 5.32 Å². The Hall–Kier alpha value is -0.610. The van der Waals surface area contributed by atoms with Gasteiger partial charge in [0.15, 0.2) is 0 Å². The third-order valence-corrected chi connectivity index (χ3v) is 3.76. The van der Waals surface area contributed by atoms with Crippen LogP contribution in [0.3, 0.4) is 0 Å². The fraction of sp³-hybridized carbons (Fsp3) is 0.733. The molecule has 1 rings (SSSR count). The molecular formula is C15H27N3S. The van der Waals surface area contributed by atoms with E-state index in [4.69, 9.17) is 0 Å². The predicted octanol–water partition coefficient (Wildman–Crippen LogP) is 3.13. The molecule has 0 saturated heterocycles. The van der Waals surface area contributed by atoms with E-state index in [9.17, 15) is 0 Å². The molecule has 108 valence electrons. The molecule has 0 spiro atoms. The molecule has 1 aromatic rings. The quantitative estimate of drug-likeness (QED) is 0.743. The number of nitrogens with zero attached hydrogens (tertiary/aromatic N) is 2. The van der Waals surface area contributed by atoms with Crippen molar-refractivity contribution in [2.75, 3.05) is 19.3 Å². The molecule has 0 aliphatic carbocycles. The average molecular weight is 281 g/mol. The van der Waals surface area contributed by atoms with Crippen molar-refractivity contribution in [3.8, 4) is 0 Å². The maximum Gasteiger partial charge on any atom is 0.138 e. The van der Waals surface area contributed by atoms with Crippen molar-refractivity contribution in [2.45, 2.75) is 46.3 Å². The first-order chi connectivity index (χ1) is 9.08. The molecule has 1 heterocycles. The SMILES string of the molecule is CCCNCC(C)Cc1c(C)nc(CSC)nc1C. The molecule has 19 heavy (non-hydrogen) atoms. The summed E-state index contributed by atoms with van der Waals surface area (Å²) in [6, 6.07) is 0. The van der Waals surface area contributed by atoms with Gasteiger partial charge in [-0.3, -0.25) is 0 Å². The molecule has 1 aromatic heterocycles. The summed E-state index contributed by atoms with van der Waals surface area (Å²) in [5.41, 5.74) is 3.63. The van der Waals surface area contributed by atoms with Crippen LogP contribution in [0.5, 0.6) is 0 Å². The van der Waals surface area contributed by atoms with Gasteiger partial charge in [0.25, 0.3) is 0 Å². The largest absolute Gasteiger partial charge is 0.316 e. The molecule has 1 N–H and O–H groups in total. The van der Waals surface area contributed by atoms with Gasteiger partial charge in [0.05, 0.1) is 5.75 Å². The molecule has 3 nitrogen and oxygen atoms in total. The van der Waals surface area contributed by atoms with Crippen LogP contribution in [0.15, 0.2) is 0 Å². The molecule has 0 fully saturated rings. The second kappa shape index (κ2) is 8.54. The number of hydrogen-bond donors (Lipinski definition) is 1. The van der Waals surface area contributed by atoms with Gasteiger partial charge in [-0.05, 0) is 57.5 Å². The zero-order valence-electron chi connectivity index (χ0n) is 12.9. The van der Waals surface area contributed by atoms with E-state index in [1.807, 2.05) is 0 Å². The minimum Gasteiger partial charge on any atom is -0.316 e. The molecule has 0 aliphatic heterocycles. The van der Waals surface area contributed by atoms with E-state index >= 15 is 0 Å². The summed E-state index contributed by atoms with van der Waals surface area (Å²) >= 11 is 1.77. The zero-order chi connectivity index (χ0) is 14.3. The molecule has 0 aromatic carbocycles. The highest BCUT2D eigenvalue weighted by atomic mass is 32.2. The van der Waals surface area contributed by atoms with Gasteiger partial charge in [-0.1, -0.05) is 13.8 Å². The fourth-order valence-corrected chi connectivity index (χ4v) is 2.63. The Kier molecular flexibility index (Phi) is 7.39. The van der Waals surface area contributed by atoms with E-state index in [0.717, 1.165) is 42.5 Å². The first-order valence-corrected chi connectivity index (χ1v) is 8.50. The summed E-state index contributed by atoms with van der Waals surface area (Å²) in [5.74, 6) is 2.48. The van der Waals surface area contributed by atoms with Gasteiger partial charge < -0.3 is 5.32 Å². The monoisotopic (exact) mass is 281 g/mol. The van der Waals surface area contributed by atoms with Gasteiger partial charge >= 0.3 is 0 Å². The van der Waals surface area contributed by atoms with Gasteiger partial charge in [-0.25, -0.2) is 9.97 Å². The molecule has 0 saturated carbocycles. The maximum atomic E-state index is 4.62. The first-order valence-electron chi connectivity index (χ1n) is 7.11. The summed E-state index contributed by atoms with van der Waals surface area (Å²) < 4.78 is 0. The van der Waals surface area contributed by atoms with Gasteiger partial charge in [0.1, 0.15) is 5.82 Å². The Bertz CT molecular complexity index is 370.